The molecular weight excluding hydrogens is 324 g/mol. The maximum atomic E-state index is 12.6. The first-order chi connectivity index (χ1) is 11.4. The molecule has 0 bridgehead atoms. The van der Waals surface area contributed by atoms with Gasteiger partial charge in [0.15, 0.2) is 0 Å². The molecule has 2 N–H and O–H groups in total. The minimum atomic E-state index is -0.404. The highest BCUT2D eigenvalue weighted by Crippen LogP contribution is 2.23. The van der Waals surface area contributed by atoms with Gasteiger partial charge in [-0.05, 0) is 48.7 Å². The molecule has 0 fully saturated rings. The number of hydrogen-bond acceptors (Lipinski definition) is 2. The SMILES string of the molecule is CC(=O)N/C(=C/c1ccccc1C)C(=O)Nc1cccc(Cl)c1C. The lowest BCUT2D eigenvalue weighted by Gasteiger charge is -2.13. The fraction of sp³-hybridized carbons (Fsp3) is 0.158. The minimum absolute atomic E-state index is 0.177. The zero-order valence-corrected chi connectivity index (χ0v) is 14.6. The second-order valence-corrected chi connectivity index (χ2v) is 5.87. The first-order valence-corrected chi connectivity index (χ1v) is 7.87. The van der Waals surface area contributed by atoms with Crippen molar-refractivity contribution in [1.82, 2.24) is 5.32 Å². The summed E-state index contributed by atoms with van der Waals surface area (Å²) in [6.07, 6.45) is 1.66. The van der Waals surface area contributed by atoms with Crippen LogP contribution in [0.2, 0.25) is 5.02 Å². The Hall–Kier alpha value is -2.59. The highest BCUT2D eigenvalue weighted by atomic mass is 35.5. The van der Waals surface area contributed by atoms with E-state index in [2.05, 4.69) is 10.6 Å². The van der Waals surface area contributed by atoms with Crippen LogP contribution in [0.5, 0.6) is 0 Å². The normalized spacial score (nSPS) is 11.1. The van der Waals surface area contributed by atoms with Gasteiger partial charge in [0.2, 0.25) is 5.91 Å². The Kier molecular flexibility index (Phi) is 5.77. The summed E-state index contributed by atoms with van der Waals surface area (Å²) in [6, 6.07) is 12.9. The molecule has 2 aromatic rings. The fourth-order valence-corrected chi connectivity index (χ4v) is 2.36. The monoisotopic (exact) mass is 342 g/mol. The number of rotatable bonds is 4. The van der Waals surface area contributed by atoms with E-state index in [1.165, 1.54) is 6.92 Å². The summed E-state index contributed by atoms with van der Waals surface area (Å²) in [5.74, 6) is -0.716. The Morgan fingerprint density at radius 1 is 1.04 bits per heavy atom. The number of amides is 2. The van der Waals surface area contributed by atoms with Gasteiger partial charge in [0.1, 0.15) is 5.70 Å². The lowest BCUT2D eigenvalue weighted by atomic mass is 10.1. The van der Waals surface area contributed by atoms with E-state index in [0.29, 0.717) is 10.7 Å². The maximum Gasteiger partial charge on any atom is 0.272 e. The lowest BCUT2D eigenvalue weighted by Crippen LogP contribution is -2.29. The number of nitrogens with one attached hydrogen (secondary N) is 2. The van der Waals surface area contributed by atoms with Crippen LogP contribution in [0.1, 0.15) is 23.6 Å². The van der Waals surface area contributed by atoms with Gasteiger partial charge >= 0.3 is 0 Å². The van der Waals surface area contributed by atoms with Crippen LogP contribution in [0, 0.1) is 13.8 Å². The van der Waals surface area contributed by atoms with Crippen LogP contribution in [0.25, 0.3) is 6.08 Å². The van der Waals surface area contributed by atoms with E-state index < -0.39 is 5.91 Å². The molecule has 0 heterocycles. The molecule has 0 aromatic heterocycles. The average molecular weight is 343 g/mol. The summed E-state index contributed by atoms with van der Waals surface area (Å²) < 4.78 is 0. The van der Waals surface area contributed by atoms with Gasteiger partial charge in [0.25, 0.3) is 5.91 Å². The van der Waals surface area contributed by atoms with Gasteiger partial charge in [0, 0.05) is 17.6 Å². The van der Waals surface area contributed by atoms with E-state index in [1.807, 2.05) is 38.1 Å². The molecule has 0 atom stereocenters. The highest BCUT2D eigenvalue weighted by molar-refractivity contribution is 6.31. The molecule has 24 heavy (non-hydrogen) atoms. The Morgan fingerprint density at radius 2 is 1.75 bits per heavy atom. The Bertz CT molecular complexity index is 813. The summed E-state index contributed by atoms with van der Waals surface area (Å²) in [5.41, 5.74) is 3.42. The molecule has 5 heteroatoms. The molecule has 0 aliphatic rings. The summed E-state index contributed by atoms with van der Waals surface area (Å²) in [7, 11) is 0. The number of carbonyl (C=O) groups excluding carboxylic acids is 2. The highest BCUT2D eigenvalue weighted by Gasteiger charge is 2.14. The van der Waals surface area contributed by atoms with E-state index in [1.54, 1.807) is 24.3 Å². The van der Waals surface area contributed by atoms with Gasteiger partial charge in [-0.15, -0.1) is 0 Å². The number of aryl methyl sites for hydroxylation is 1. The van der Waals surface area contributed by atoms with Gasteiger partial charge in [-0.1, -0.05) is 41.9 Å². The van der Waals surface area contributed by atoms with Crippen molar-refractivity contribution >= 4 is 35.2 Å². The first kappa shape index (κ1) is 17.8. The zero-order valence-electron chi connectivity index (χ0n) is 13.8. The fourth-order valence-electron chi connectivity index (χ4n) is 2.18. The van der Waals surface area contributed by atoms with Crippen molar-refractivity contribution in [3.8, 4) is 0 Å². The zero-order chi connectivity index (χ0) is 17.7. The molecule has 0 unspecified atom stereocenters. The molecule has 0 aliphatic carbocycles. The van der Waals surface area contributed by atoms with Crippen LogP contribution in [0.4, 0.5) is 5.69 Å². The number of halogens is 1. The van der Waals surface area contributed by atoms with Crippen molar-refractivity contribution in [2.75, 3.05) is 5.32 Å². The topological polar surface area (TPSA) is 58.2 Å². The quantitative estimate of drug-likeness (QED) is 0.823. The van der Waals surface area contributed by atoms with Crippen molar-refractivity contribution in [3.63, 3.8) is 0 Å². The van der Waals surface area contributed by atoms with Gasteiger partial charge in [-0.3, -0.25) is 9.59 Å². The Balaban J connectivity index is 2.34. The van der Waals surface area contributed by atoms with Crippen molar-refractivity contribution in [3.05, 3.63) is 69.9 Å². The molecule has 0 aliphatic heterocycles. The Morgan fingerprint density at radius 3 is 2.42 bits per heavy atom. The molecule has 2 aromatic carbocycles. The van der Waals surface area contributed by atoms with Crippen LogP contribution in [-0.4, -0.2) is 11.8 Å². The standard InChI is InChI=1S/C19H19ClN2O2/c1-12-7-4-5-8-15(12)11-18(21-14(3)23)19(24)22-17-10-6-9-16(20)13(17)2/h4-11H,1-3H3,(H,21,23)(H,22,24)/b18-11+. The van der Waals surface area contributed by atoms with Crippen LogP contribution >= 0.6 is 11.6 Å². The van der Waals surface area contributed by atoms with E-state index in [4.69, 9.17) is 11.6 Å². The third kappa shape index (κ3) is 4.46. The molecule has 0 saturated carbocycles. The van der Waals surface area contributed by atoms with Crippen LogP contribution in [0.15, 0.2) is 48.2 Å². The largest absolute Gasteiger partial charge is 0.322 e. The maximum absolute atomic E-state index is 12.6. The van der Waals surface area contributed by atoms with Crippen molar-refractivity contribution in [1.29, 1.82) is 0 Å². The molecule has 0 saturated heterocycles. The van der Waals surface area contributed by atoms with Gasteiger partial charge in [-0.2, -0.15) is 0 Å². The van der Waals surface area contributed by atoms with E-state index in [-0.39, 0.29) is 11.6 Å². The van der Waals surface area contributed by atoms with Gasteiger partial charge in [0.05, 0.1) is 0 Å². The predicted octanol–water partition coefficient (Wildman–Crippen LogP) is 4.07. The Labute approximate surface area is 146 Å². The summed E-state index contributed by atoms with van der Waals surface area (Å²) in [6.45, 7) is 5.13. The van der Waals surface area contributed by atoms with Crippen LogP contribution in [-0.2, 0) is 9.59 Å². The summed E-state index contributed by atoms with van der Waals surface area (Å²) >= 11 is 6.08. The van der Waals surface area contributed by atoms with E-state index in [0.717, 1.165) is 16.7 Å². The summed E-state index contributed by atoms with van der Waals surface area (Å²) in [5, 5.41) is 5.94. The minimum Gasteiger partial charge on any atom is -0.322 e. The van der Waals surface area contributed by atoms with Gasteiger partial charge < -0.3 is 10.6 Å². The molecule has 2 rings (SSSR count). The van der Waals surface area contributed by atoms with Crippen molar-refractivity contribution < 1.29 is 9.59 Å². The van der Waals surface area contributed by atoms with E-state index in [9.17, 15) is 9.59 Å². The average Bonchev–Trinajstić information content (AvgIpc) is 2.52. The molecule has 124 valence electrons. The smallest absolute Gasteiger partial charge is 0.272 e. The second-order valence-electron chi connectivity index (χ2n) is 5.46. The first-order valence-electron chi connectivity index (χ1n) is 7.50. The number of benzene rings is 2. The van der Waals surface area contributed by atoms with Gasteiger partial charge in [-0.25, -0.2) is 0 Å². The third-order valence-corrected chi connectivity index (χ3v) is 3.97. The van der Waals surface area contributed by atoms with Crippen LogP contribution in [0.3, 0.4) is 0 Å². The molecule has 0 radical (unpaired) electrons. The molecule has 0 spiro atoms. The predicted molar refractivity (Wildman–Crippen MR) is 97.8 cm³/mol. The van der Waals surface area contributed by atoms with Crippen molar-refractivity contribution in [2.24, 2.45) is 0 Å². The number of anilines is 1. The van der Waals surface area contributed by atoms with Crippen LogP contribution < -0.4 is 10.6 Å². The van der Waals surface area contributed by atoms with E-state index >= 15 is 0 Å². The molecule has 4 nitrogen and oxygen atoms in total. The number of carbonyl (C=O) groups is 2. The molecule has 2 amide bonds. The summed E-state index contributed by atoms with van der Waals surface area (Å²) in [4.78, 5) is 24.0. The lowest BCUT2D eigenvalue weighted by molar-refractivity contribution is -0.120. The second kappa shape index (κ2) is 7.79. The third-order valence-electron chi connectivity index (χ3n) is 3.56. The van der Waals surface area contributed by atoms with Crippen molar-refractivity contribution in [2.45, 2.75) is 20.8 Å². The number of hydrogen-bond donors (Lipinski definition) is 2. The molecular formula is C19H19ClN2O2.